The third-order valence-corrected chi connectivity index (χ3v) is 6.21. The molecule has 1 aliphatic heterocycles. The number of aryl methyl sites for hydroxylation is 2. The van der Waals surface area contributed by atoms with Crippen LogP contribution in [0.3, 0.4) is 0 Å². The van der Waals surface area contributed by atoms with Gasteiger partial charge in [-0.3, -0.25) is 0 Å². The molecule has 0 aliphatic carbocycles. The van der Waals surface area contributed by atoms with Crippen LogP contribution in [0.15, 0.2) is 36.4 Å². The summed E-state index contributed by atoms with van der Waals surface area (Å²) in [6.45, 7) is 0. The third kappa shape index (κ3) is 3.46. The fraction of sp³-hybridized carbons (Fsp3) is 0.412. The van der Waals surface area contributed by atoms with E-state index in [1.165, 1.54) is 34.8 Å². The molecule has 106 valence electrons. The first-order valence-corrected chi connectivity index (χ1v) is 9.29. The highest BCUT2D eigenvalue weighted by Gasteiger charge is 2.16. The number of benzene rings is 1. The summed E-state index contributed by atoms with van der Waals surface area (Å²) in [6, 6.07) is 13.3. The maximum absolute atomic E-state index is 6.37. The molecule has 1 aromatic heterocycles. The SMILES string of the molecule is NC(CCCc1ccccc1)c1cc2c(s1)CCSC2. The molecule has 3 rings (SSSR count). The van der Waals surface area contributed by atoms with Crippen LogP contribution in [-0.4, -0.2) is 5.75 Å². The monoisotopic (exact) mass is 303 g/mol. The molecule has 0 spiro atoms. The molecule has 0 saturated carbocycles. The van der Waals surface area contributed by atoms with Gasteiger partial charge in [-0.2, -0.15) is 11.8 Å². The predicted molar refractivity (Wildman–Crippen MR) is 90.5 cm³/mol. The van der Waals surface area contributed by atoms with Crippen LogP contribution in [0.25, 0.3) is 0 Å². The molecule has 20 heavy (non-hydrogen) atoms. The van der Waals surface area contributed by atoms with E-state index in [1.54, 1.807) is 10.4 Å². The van der Waals surface area contributed by atoms with Crippen molar-refractivity contribution < 1.29 is 0 Å². The summed E-state index contributed by atoms with van der Waals surface area (Å²) in [5.74, 6) is 2.46. The van der Waals surface area contributed by atoms with E-state index in [-0.39, 0.29) is 6.04 Å². The fourth-order valence-corrected chi connectivity index (χ4v) is 5.08. The van der Waals surface area contributed by atoms with E-state index >= 15 is 0 Å². The molecule has 2 N–H and O–H groups in total. The lowest BCUT2D eigenvalue weighted by atomic mass is 10.0. The molecule has 3 heteroatoms. The van der Waals surface area contributed by atoms with Crippen LogP contribution in [-0.2, 0) is 18.6 Å². The highest BCUT2D eigenvalue weighted by atomic mass is 32.2. The van der Waals surface area contributed by atoms with Crippen molar-refractivity contribution >= 4 is 23.1 Å². The first kappa shape index (κ1) is 14.2. The van der Waals surface area contributed by atoms with Gasteiger partial charge < -0.3 is 5.73 Å². The molecule has 1 atom stereocenters. The van der Waals surface area contributed by atoms with E-state index in [0.29, 0.717) is 0 Å². The molecule has 1 aliphatic rings. The van der Waals surface area contributed by atoms with Gasteiger partial charge in [0.05, 0.1) is 0 Å². The van der Waals surface area contributed by atoms with Gasteiger partial charge in [0, 0.05) is 21.5 Å². The number of hydrogen-bond donors (Lipinski definition) is 1. The molecular weight excluding hydrogens is 282 g/mol. The van der Waals surface area contributed by atoms with Crippen molar-refractivity contribution in [3.63, 3.8) is 0 Å². The maximum atomic E-state index is 6.37. The summed E-state index contributed by atoms with van der Waals surface area (Å²) in [5.41, 5.74) is 9.33. The van der Waals surface area contributed by atoms with E-state index in [4.69, 9.17) is 5.73 Å². The fourth-order valence-electron chi connectivity index (χ4n) is 2.67. The van der Waals surface area contributed by atoms with Crippen molar-refractivity contribution in [1.82, 2.24) is 0 Å². The zero-order valence-corrected chi connectivity index (χ0v) is 13.3. The Hall–Kier alpha value is -0.770. The zero-order valence-electron chi connectivity index (χ0n) is 11.7. The summed E-state index contributed by atoms with van der Waals surface area (Å²) in [7, 11) is 0. The van der Waals surface area contributed by atoms with Gasteiger partial charge in [0.25, 0.3) is 0 Å². The number of nitrogens with two attached hydrogens (primary N) is 1. The van der Waals surface area contributed by atoms with Gasteiger partial charge in [0.15, 0.2) is 0 Å². The van der Waals surface area contributed by atoms with Gasteiger partial charge in [-0.25, -0.2) is 0 Å². The molecule has 1 aromatic carbocycles. The molecule has 2 aromatic rings. The average Bonchev–Trinajstić information content (AvgIpc) is 2.92. The van der Waals surface area contributed by atoms with Crippen molar-refractivity contribution in [2.24, 2.45) is 5.73 Å². The van der Waals surface area contributed by atoms with Crippen molar-refractivity contribution in [3.8, 4) is 0 Å². The second-order valence-electron chi connectivity index (χ2n) is 5.38. The van der Waals surface area contributed by atoms with Gasteiger partial charge in [-0.15, -0.1) is 11.3 Å². The molecule has 0 saturated heterocycles. The second-order valence-corrected chi connectivity index (χ2v) is 7.66. The predicted octanol–water partition coefficient (Wildman–Crippen LogP) is 4.56. The average molecular weight is 303 g/mol. The van der Waals surface area contributed by atoms with Crippen LogP contribution in [0.5, 0.6) is 0 Å². The highest BCUT2D eigenvalue weighted by molar-refractivity contribution is 7.98. The molecule has 0 amide bonds. The van der Waals surface area contributed by atoms with E-state index in [9.17, 15) is 0 Å². The number of thiophene rings is 1. The van der Waals surface area contributed by atoms with E-state index in [2.05, 4.69) is 36.4 Å². The normalized spacial score (nSPS) is 15.8. The smallest absolute Gasteiger partial charge is 0.0390 e. The summed E-state index contributed by atoms with van der Waals surface area (Å²) in [5, 5.41) is 0. The minimum Gasteiger partial charge on any atom is -0.323 e. The van der Waals surface area contributed by atoms with Crippen LogP contribution in [0.2, 0.25) is 0 Å². The summed E-state index contributed by atoms with van der Waals surface area (Å²) in [4.78, 5) is 2.97. The molecule has 1 nitrogen and oxygen atoms in total. The number of hydrogen-bond acceptors (Lipinski definition) is 3. The van der Waals surface area contributed by atoms with Crippen molar-refractivity contribution in [2.75, 3.05) is 5.75 Å². The van der Waals surface area contributed by atoms with Crippen molar-refractivity contribution in [2.45, 2.75) is 37.5 Å². The van der Waals surface area contributed by atoms with Crippen LogP contribution in [0.1, 0.15) is 39.8 Å². The molecule has 0 radical (unpaired) electrons. The largest absolute Gasteiger partial charge is 0.323 e. The molecule has 1 unspecified atom stereocenters. The molecule has 2 heterocycles. The van der Waals surface area contributed by atoms with Gasteiger partial charge >= 0.3 is 0 Å². The Labute approximate surface area is 129 Å². The summed E-state index contributed by atoms with van der Waals surface area (Å²) >= 11 is 3.99. The molecule has 0 bridgehead atoms. The van der Waals surface area contributed by atoms with Crippen molar-refractivity contribution in [3.05, 3.63) is 57.3 Å². The quantitative estimate of drug-likeness (QED) is 0.876. The lowest BCUT2D eigenvalue weighted by Crippen LogP contribution is -2.08. The van der Waals surface area contributed by atoms with E-state index < -0.39 is 0 Å². The van der Waals surface area contributed by atoms with Gasteiger partial charge in [0.2, 0.25) is 0 Å². The zero-order chi connectivity index (χ0) is 13.8. The summed E-state index contributed by atoms with van der Waals surface area (Å²) < 4.78 is 0. The number of thioether (sulfide) groups is 1. The standard InChI is InChI=1S/C17H21NS2/c18-15(8-4-7-13-5-2-1-3-6-13)17-11-14-12-19-10-9-16(14)20-17/h1-3,5-6,11,15H,4,7-10,12,18H2. The van der Waals surface area contributed by atoms with Crippen LogP contribution in [0, 0.1) is 0 Å². The van der Waals surface area contributed by atoms with Crippen LogP contribution < -0.4 is 5.73 Å². The molecule has 0 fully saturated rings. The lowest BCUT2D eigenvalue weighted by molar-refractivity contribution is 0.619. The summed E-state index contributed by atoms with van der Waals surface area (Å²) in [6.07, 6.45) is 4.63. The van der Waals surface area contributed by atoms with Crippen LogP contribution in [0.4, 0.5) is 0 Å². The maximum Gasteiger partial charge on any atom is 0.0390 e. The highest BCUT2D eigenvalue weighted by Crippen LogP contribution is 2.34. The Balaban J connectivity index is 1.54. The van der Waals surface area contributed by atoms with Crippen molar-refractivity contribution in [1.29, 1.82) is 0 Å². The minimum absolute atomic E-state index is 0.222. The lowest BCUT2D eigenvalue weighted by Gasteiger charge is -2.09. The van der Waals surface area contributed by atoms with Crippen LogP contribution >= 0.6 is 23.1 Å². The van der Waals surface area contributed by atoms with E-state index in [1.807, 2.05) is 23.1 Å². The third-order valence-electron chi connectivity index (χ3n) is 3.84. The Morgan fingerprint density at radius 2 is 2.05 bits per heavy atom. The van der Waals surface area contributed by atoms with Gasteiger partial charge in [0.1, 0.15) is 0 Å². The second kappa shape index (κ2) is 6.79. The first-order valence-electron chi connectivity index (χ1n) is 7.31. The molecular formula is C17H21NS2. The topological polar surface area (TPSA) is 26.0 Å². The Morgan fingerprint density at radius 3 is 2.85 bits per heavy atom. The van der Waals surface area contributed by atoms with E-state index in [0.717, 1.165) is 12.8 Å². The first-order chi connectivity index (χ1) is 9.83. The number of fused-ring (bicyclic) bond motifs is 1. The Kier molecular flexibility index (Phi) is 4.81. The Morgan fingerprint density at radius 1 is 1.20 bits per heavy atom. The number of rotatable bonds is 5. The Bertz CT molecular complexity index is 524. The van der Waals surface area contributed by atoms with Gasteiger partial charge in [-0.05, 0) is 48.6 Å². The minimum atomic E-state index is 0.222. The van der Waals surface area contributed by atoms with Gasteiger partial charge in [-0.1, -0.05) is 30.3 Å².